The van der Waals surface area contributed by atoms with Crippen molar-refractivity contribution in [2.45, 2.75) is 26.4 Å². The minimum absolute atomic E-state index is 0.0651. The Balaban J connectivity index is 2.19. The maximum absolute atomic E-state index is 10.6. The van der Waals surface area contributed by atoms with E-state index in [1.807, 2.05) is 32.0 Å². The Hall–Kier alpha value is -2.20. The van der Waals surface area contributed by atoms with Crippen LogP contribution >= 0.6 is 0 Å². The normalized spacial score (nSPS) is 12.2. The molecule has 0 aliphatic heterocycles. The van der Waals surface area contributed by atoms with Crippen molar-refractivity contribution in [1.82, 2.24) is 0 Å². The highest BCUT2D eigenvalue weighted by Crippen LogP contribution is 2.25. The van der Waals surface area contributed by atoms with Gasteiger partial charge in [0.05, 0.1) is 11.0 Å². The van der Waals surface area contributed by atoms with Crippen LogP contribution in [0.4, 0.5) is 5.69 Å². The van der Waals surface area contributed by atoms with Crippen LogP contribution in [0.5, 0.6) is 0 Å². The van der Waals surface area contributed by atoms with E-state index in [2.05, 4.69) is 0 Å². The van der Waals surface area contributed by atoms with E-state index in [9.17, 15) is 15.2 Å². The Morgan fingerprint density at radius 1 is 1.10 bits per heavy atom. The first kappa shape index (κ1) is 14.2. The number of benzene rings is 2. The quantitative estimate of drug-likeness (QED) is 0.684. The first-order valence-electron chi connectivity index (χ1n) is 6.46. The van der Waals surface area contributed by atoms with Crippen LogP contribution in [-0.4, -0.2) is 10.0 Å². The van der Waals surface area contributed by atoms with Crippen molar-refractivity contribution in [2.75, 3.05) is 0 Å². The Kier molecular flexibility index (Phi) is 4.15. The summed E-state index contributed by atoms with van der Waals surface area (Å²) in [6.07, 6.45) is -0.151. The number of hydrogen-bond acceptors (Lipinski definition) is 3. The molecule has 0 aromatic heterocycles. The van der Waals surface area contributed by atoms with Crippen molar-refractivity contribution in [3.05, 3.63) is 74.8 Å². The highest BCUT2D eigenvalue weighted by molar-refractivity contribution is 5.37. The summed E-state index contributed by atoms with van der Waals surface area (Å²) in [6.45, 7) is 3.95. The molecule has 2 rings (SSSR count). The second-order valence-corrected chi connectivity index (χ2v) is 4.95. The first-order valence-corrected chi connectivity index (χ1v) is 6.46. The van der Waals surface area contributed by atoms with E-state index >= 15 is 0 Å². The number of rotatable bonds is 4. The average Bonchev–Trinajstić information content (AvgIpc) is 2.39. The minimum atomic E-state index is -0.599. The summed E-state index contributed by atoms with van der Waals surface area (Å²) >= 11 is 0. The van der Waals surface area contributed by atoms with Gasteiger partial charge in [-0.15, -0.1) is 0 Å². The zero-order chi connectivity index (χ0) is 14.7. The third-order valence-corrected chi connectivity index (χ3v) is 3.45. The second-order valence-electron chi connectivity index (χ2n) is 4.95. The molecule has 0 bridgehead atoms. The van der Waals surface area contributed by atoms with Gasteiger partial charge in [-0.1, -0.05) is 30.3 Å². The third kappa shape index (κ3) is 3.03. The minimum Gasteiger partial charge on any atom is -0.388 e. The van der Waals surface area contributed by atoms with Gasteiger partial charge in [0.15, 0.2) is 0 Å². The molecule has 2 aromatic carbocycles. The third-order valence-electron chi connectivity index (χ3n) is 3.45. The fourth-order valence-electron chi connectivity index (χ4n) is 2.43. The largest absolute Gasteiger partial charge is 0.388 e. The Bertz CT molecular complexity index is 600. The van der Waals surface area contributed by atoms with Gasteiger partial charge in [0.2, 0.25) is 0 Å². The SMILES string of the molecule is Cc1cccc(C)c1C(O)Cc1ccc([N+](=O)[O-])cc1. The summed E-state index contributed by atoms with van der Waals surface area (Å²) in [5.41, 5.74) is 3.99. The zero-order valence-electron chi connectivity index (χ0n) is 11.5. The summed E-state index contributed by atoms with van der Waals surface area (Å²) in [7, 11) is 0. The zero-order valence-corrected chi connectivity index (χ0v) is 11.5. The van der Waals surface area contributed by atoms with Gasteiger partial charge in [-0.2, -0.15) is 0 Å². The molecule has 0 amide bonds. The number of nitro groups is 1. The molecule has 1 atom stereocenters. The second kappa shape index (κ2) is 5.84. The summed E-state index contributed by atoms with van der Waals surface area (Å²) in [4.78, 5) is 10.2. The molecular weight excluding hydrogens is 254 g/mol. The average molecular weight is 271 g/mol. The van der Waals surface area contributed by atoms with Gasteiger partial charge < -0.3 is 5.11 Å². The van der Waals surface area contributed by atoms with Gasteiger partial charge in [0, 0.05) is 18.6 Å². The van der Waals surface area contributed by atoms with E-state index in [1.165, 1.54) is 12.1 Å². The highest BCUT2D eigenvalue weighted by Gasteiger charge is 2.14. The van der Waals surface area contributed by atoms with Crippen molar-refractivity contribution in [3.8, 4) is 0 Å². The molecule has 0 aliphatic rings. The monoisotopic (exact) mass is 271 g/mol. The number of non-ortho nitro benzene ring substituents is 1. The Morgan fingerprint density at radius 2 is 1.65 bits per heavy atom. The Labute approximate surface area is 117 Å². The van der Waals surface area contributed by atoms with Crippen LogP contribution in [0.25, 0.3) is 0 Å². The van der Waals surface area contributed by atoms with Gasteiger partial charge >= 0.3 is 0 Å². The predicted molar refractivity (Wildman–Crippen MR) is 77.7 cm³/mol. The number of aliphatic hydroxyl groups is 1. The lowest BCUT2D eigenvalue weighted by Gasteiger charge is -2.16. The van der Waals surface area contributed by atoms with Gasteiger partial charge in [-0.25, -0.2) is 0 Å². The molecule has 1 unspecified atom stereocenters. The molecule has 0 spiro atoms. The molecular formula is C16H17NO3. The molecule has 104 valence electrons. The number of aliphatic hydroxyl groups excluding tert-OH is 1. The Morgan fingerprint density at radius 3 is 2.15 bits per heavy atom. The van der Waals surface area contributed by atoms with Crippen LogP contribution < -0.4 is 0 Å². The van der Waals surface area contributed by atoms with E-state index in [0.717, 1.165) is 22.3 Å². The highest BCUT2D eigenvalue weighted by atomic mass is 16.6. The molecule has 0 heterocycles. The van der Waals surface area contributed by atoms with Crippen LogP contribution in [-0.2, 0) is 6.42 Å². The summed E-state index contributed by atoms with van der Waals surface area (Å²) < 4.78 is 0. The lowest BCUT2D eigenvalue weighted by Crippen LogP contribution is -2.06. The molecule has 4 nitrogen and oxygen atoms in total. The van der Waals surface area contributed by atoms with Crippen LogP contribution in [0, 0.1) is 24.0 Å². The number of aryl methyl sites for hydroxylation is 2. The fourth-order valence-corrected chi connectivity index (χ4v) is 2.43. The van der Waals surface area contributed by atoms with E-state index < -0.39 is 11.0 Å². The van der Waals surface area contributed by atoms with E-state index in [1.54, 1.807) is 12.1 Å². The smallest absolute Gasteiger partial charge is 0.269 e. The van der Waals surface area contributed by atoms with Crippen molar-refractivity contribution >= 4 is 5.69 Å². The van der Waals surface area contributed by atoms with Gasteiger partial charge in [0.1, 0.15) is 0 Å². The van der Waals surface area contributed by atoms with Crippen LogP contribution in [0.15, 0.2) is 42.5 Å². The molecule has 20 heavy (non-hydrogen) atoms. The van der Waals surface area contributed by atoms with E-state index in [0.29, 0.717) is 6.42 Å². The predicted octanol–water partition coefficient (Wildman–Crippen LogP) is 3.49. The lowest BCUT2D eigenvalue weighted by molar-refractivity contribution is -0.384. The molecule has 0 saturated carbocycles. The van der Waals surface area contributed by atoms with Crippen LogP contribution in [0.1, 0.15) is 28.4 Å². The molecule has 0 fully saturated rings. The van der Waals surface area contributed by atoms with Crippen molar-refractivity contribution in [2.24, 2.45) is 0 Å². The summed E-state index contributed by atoms with van der Waals surface area (Å²) in [5.74, 6) is 0. The van der Waals surface area contributed by atoms with Gasteiger partial charge in [0.25, 0.3) is 5.69 Å². The topological polar surface area (TPSA) is 63.4 Å². The standard InChI is InChI=1S/C16H17NO3/c1-11-4-3-5-12(2)16(11)15(18)10-13-6-8-14(9-7-13)17(19)20/h3-9,15,18H,10H2,1-2H3. The maximum atomic E-state index is 10.6. The lowest BCUT2D eigenvalue weighted by atomic mass is 9.94. The molecule has 0 aliphatic carbocycles. The molecule has 1 N–H and O–H groups in total. The van der Waals surface area contributed by atoms with Crippen molar-refractivity contribution < 1.29 is 10.0 Å². The number of nitrogens with zero attached hydrogens (tertiary/aromatic N) is 1. The fraction of sp³-hybridized carbons (Fsp3) is 0.250. The van der Waals surface area contributed by atoms with Gasteiger partial charge in [-0.05, 0) is 36.1 Å². The molecule has 0 saturated heterocycles. The molecule has 4 heteroatoms. The van der Waals surface area contributed by atoms with Crippen molar-refractivity contribution in [3.63, 3.8) is 0 Å². The van der Waals surface area contributed by atoms with Gasteiger partial charge in [-0.3, -0.25) is 10.1 Å². The molecule has 2 aromatic rings. The summed E-state index contributed by atoms with van der Waals surface area (Å²) in [5, 5.41) is 21.0. The van der Waals surface area contributed by atoms with Crippen LogP contribution in [0.3, 0.4) is 0 Å². The van der Waals surface area contributed by atoms with Crippen molar-refractivity contribution in [1.29, 1.82) is 0 Å². The summed E-state index contributed by atoms with van der Waals surface area (Å²) in [6, 6.07) is 12.2. The number of nitro benzene ring substituents is 1. The van der Waals surface area contributed by atoms with E-state index in [4.69, 9.17) is 0 Å². The number of hydrogen-bond donors (Lipinski definition) is 1. The first-order chi connectivity index (χ1) is 9.49. The van der Waals surface area contributed by atoms with Crippen LogP contribution in [0.2, 0.25) is 0 Å². The van der Waals surface area contributed by atoms with E-state index in [-0.39, 0.29) is 5.69 Å². The maximum Gasteiger partial charge on any atom is 0.269 e. The molecule has 0 radical (unpaired) electrons.